The van der Waals surface area contributed by atoms with Crippen LogP contribution >= 0.6 is 0 Å². The van der Waals surface area contributed by atoms with E-state index in [9.17, 15) is 9.59 Å². The third-order valence-corrected chi connectivity index (χ3v) is 4.84. The number of carbonyl (C=O) groups is 2. The van der Waals surface area contributed by atoms with Crippen molar-refractivity contribution in [3.63, 3.8) is 0 Å². The van der Waals surface area contributed by atoms with E-state index in [2.05, 4.69) is 5.32 Å². The molecular formula is C21H23NO6. The number of hydrogen-bond donors (Lipinski definition) is 1. The number of hydrogen-bond acceptors (Lipinski definition) is 6. The highest BCUT2D eigenvalue weighted by atomic mass is 16.5. The minimum Gasteiger partial charge on any atom is -0.493 e. The molecule has 0 heterocycles. The molecule has 2 aromatic rings. The van der Waals surface area contributed by atoms with Gasteiger partial charge in [-0.2, -0.15) is 0 Å². The Morgan fingerprint density at radius 1 is 1.11 bits per heavy atom. The average molecular weight is 385 g/mol. The van der Waals surface area contributed by atoms with E-state index in [1.807, 2.05) is 12.1 Å². The summed E-state index contributed by atoms with van der Waals surface area (Å²) in [5.74, 6) is 1.92. The Labute approximate surface area is 163 Å². The van der Waals surface area contributed by atoms with Crippen molar-refractivity contribution in [3.8, 4) is 34.1 Å². The lowest BCUT2D eigenvalue weighted by atomic mass is 9.93. The highest BCUT2D eigenvalue weighted by Crippen LogP contribution is 2.50. The first kappa shape index (κ1) is 19.5. The lowest BCUT2D eigenvalue weighted by molar-refractivity contribution is -0.121. The van der Waals surface area contributed by atoms with Gasteiger partial charge in [0.25, 0.3) is 6.47 Å². The number of amides is 1. The zero-order valence-corrected chi connectivity index (χ0v) is 16.3. The maximum Gasteiger partial charge on any atom is 0.298 e. The SMILES string of the molecule is COc1cc2c(c(OC)c1OC)-c1ccc(OC=O)cc1[C@@H](NC(C)=O)CC2. The molecule has 0 bridgehead atoms. The van der Waals surface area contributed by atoms with Gasteiger partial charge >= 0.3 is 0 Å². The van der Waals surface area contributed by atoms with Crippen molar-refractivity contribution in [1.29, 1.82) is 0 Å². The number of fused-ring (bicyclic) bond motifs is 3. The van der Waals surface area contributed by atoms with Crippen molar-refractivity contribution in [2.24, 2.45) is 0 Å². The summed E-state index contributed by atoms with van der Waals surface area (Å²) < 4.78 is 21.8. The summed E-state index contributed by atoms with van der Waals surface area (Å²) in [6.45, 7) is 1.87. The van der Waals surface area contributed by atoms with Crippen molar-refractivity contribution >= 4 is 12.4 Å². The summed E-state index contributed by atoms with van der Waals surface area (Å²) in [5.41, 5.74) is 3.62. The number of aryl methyl sites for hydroxylation is 1. The monoisotopic (exact) mass is 385 g/mol. The quantitative estimate of drug-likeness (QED) is 0.770. The normalized spacial score (nSPS) is 14.8. The molecule has 1 amide bonds. The van der Waals surface area contributed by atoms with Crippen LogP contribution in [0.1, 0.15) is 30.5 Å². The first-order valence-corrected chi connectivity index (χ1v) is 8.87. The molecule has 0 aliphatic heterocycles. The van der Waals surface area contributed by atoms with Crippen LogP contribution in [0.2, 0.25) is 0 Å². The molecule has 0 spiro atoms. The Morgan fingerprint density at radius 3 is 2.46 bits per heavy atom. The van der Waals surface area contributed by atoms with E-state index in [-0.39, 0.29) is 11.9 Å². The molecule has 0 fully saturated rings. The molecule has 28 heavy (non-hydrogen) atoms. The summed E-state index contributed by atoms with van der Waals surface area (Å²) in [4.78, 5) is 22.6. The number of carbonyl (C=O) groups excluding carboxylic acids is 2. The van der Waals surface area contributed by atoms with E-state index in [0.29, 0.717) is 42.3 Å². The summed E-state index contributed by atoms with van der Waals surface area (Å²) in [6.07, 6.45) is 1.36. The Hall–Kier alpha value is -3.22. The minimum absolute atomic E-state index is 0.134. The first-order valence-electron chi connectivity index (χ1n) is 8.87. The molecule has 0 saturated heterocycles. The summed E-state index contributed by atoms with van der Waals surface area (Å²) in [6, 6.07) is 7.05. The van der Waals surface area contributed by atoms with Gasteiger partial charge < -0.3 is 24.3 Å². The van der Waals surface area contributed by atoms with E-state index in [1.165, 1.54) is 6.92 Å². The number of ether oxygens (including phenoxy) is 4. The third kappa shape index (κ3) is 3.47. The molecule has 0 saturated carbocycles. The molecule has 148 valence electrons. The number of nitrogens with one attached hydrogen (secondary N) is 1. The highest BCUT2D eigenvalue weighted by Gasteiger charge is 2.29. The molecule has 0 unspecified atom stereocenters. The standard InChI is InChI=1S/C21H23NO6/c1-12(24)22-17-8-5-13-9-18(25-2)20(26-3)21(27-4)19(13)15-7-6-14(28-11-23)10-16(15)17/h6-7,9-11,17H,5,8H2,1-4H3,(H,22,24)/t17-/m0/s1. The van der Waals surface area contributed by atoms with Crippen LogP contribution in [0.5, 0.6) is 23.0 Å². The van der Waals surface area contributed by atoms with Gasteiger partial charge in [0, 0.05) is 12.5 Å². The molecule has 1 aliphatic rings. The Kier molecular flexibility index (Phi) is 5.73. The van der Waals surface area contributed by atoms with Crippen molar-refractivity contribution in [2.75, 3.05) is 21.3 Å². The zero-order valence-electron chi connectivity index (χ0n) is 16.3. The molecule has 2 aromatic carbocycles. The van der Waals surface area contributed by atoms with E-state index < -0.39 is 0 Å². The molecule has 0 radical (unpaired) electrons. The Bertz CT molecular complexity index is 908. The van der Waals surface area contributed by atoms with Crippen LogP contribution in [0.3, 0.4) is 0 Å². The van der Waals surface area contributed by atoms with Gasteiger partial charge in [0.05, 0.1) is 27.4 Å². The van der Waals surface area contributed by atoms with Gasteiger partial charge in [-0.05, 0) is 47.7 Å². The van der Waals surface area contributed by atoms with Crippen LogP contribution in [0.4, 0.5) is 0 Å². The maximum absolute atomic E-state index is 11.8. The lowest BCUT2D eigenvalue weighted by Gasteiger charge is -2.21. The summed E-state index contributed by atoms with van der Waals surface area (Å²) in [5, 5.41) is 2.99. The third-order valence-electron chi connectivity index (χ3n) is 4.84. The Morgan fingerprint density at radius 2 is 1.86 bits per heavy atom. The van der Waals surface area contributed by atoms with E-state index in [0.717, 1.165) is 22.3 Å². The second-order valence-corrected chi connectivity index (χ2v) is 6.43. The zero-order chi connectivity index (χ0) is 20.3. The lowest BCUT2D eigenvalue weighted by Crippen LogP contribution is -2.26. The van der Waals surface area contributed by atoms with Crippen LogP contribution in [0.25, 0.3) is 11.1 Å². The second kappa shape index (κ2) is 8.21. The van der Waals surface area contributed by atoms with Gasteiger partial charge in [-0.1, -0.05) is 6.07 Å². The van der Waals surface area contributed by atoms with Gasteiger partial charge in [0.1, 0.15) is 5.75 Å². The summed E-state index contributed by atoms with van der Waals surface area (Å²) >= 11 is 0. The maximum atomic E-state index is 11.8. The molecule has 0 aromatic heterocycles. The predicted octanol–water partition coefficient (Wildman–Crippen LogP) is 3.04. The predicted molar refractivity (Wildman–Crippen MR) is 103 cm³/mol. The van der Waals surface area contributed by atoms with E-state index in [4.69, 9.17) is 18.9 Å². The minimum atomic E-state index is -0.239. The molecule has 7 nitrogen and oxygen atoms in total. The molecule has 1 aliphatic carbocycles. The van der Waals surface area contributed by atoms with Gasteiger partial charge in [-0.25, -0.2) is 0 Å². The highest BCUT2D eigenvalue weighted by molar-refractivity contribution is 5.84. The van der Waals surface area contributed by atoms with Crippen molar-refractivity contribution in [3.05, 3.63) is 35.4 Å². The molecular weight excluding hydrogens is 362 g/mol. The van der Waals surface area contributed by atoms with Crippen molar-refractivity contribution in [1.82, 2.24) is 5.32 Å². The Balaban J connectivity index is 2.29. The van der Waals surface area contributed by atoms with Gasteiger partial charge in [-0.3, -0.25) is 9.59 Å². The van der Waals surface area contributed by atoms with Crippen LogP contribution in [0, 0.1) is 0 Å². The van der Waals surface area contributed by atoms with Crippen LogP contribution in [-0.4, -0.2) is 33.7 Å². The van der Waals surface area contributed by atoms with Gasteiger partial charge in [0.15, 0.2) is 11.5 Å². The fourth-order valence-corrected chi connectivity index (χ4v) is 3.74. The number of methoxy groups -OCH3 is 3. The number of benzene rings is 2. The average Bonchev–Trinajstić information content (AvgIpc) is 2.83. The topological polar surface area (TPSA) is 83.1 Å². The molecule has 7 heteroatoms. The smallest absolute Gasteiger partial charge is 0.298 e. The van der Waals surface area contributed by atoms with Gasteiger partial charge in [0.2, 0.25) is 11.7 Å². The number of rotatable bonds is 6. The second-order valence-electron chi connectivity index (χ2n) is 6.43. The fourth-order valence-electron chi connectivity index (χ4n) is 3.74. The summed E-state index contributed by atoms with van der Waals surface area (Å²) in [7, 11) is 4.72. The van der Waals surface area contributed by atoms with Gasteiger partial charge in [-0.15, -0.1) is 0 Å². The molecule has 1 atom stereocenters. The van der Waals surface area contributed by atoms with Crippen LogP contribution in [-0.2, 0) is 16.0 Å². The van der Waals surface area contributed by atoms with Crippen molar-refractivity contribution < 1.29 is 28.5 Å². The van der Waals surface area contributed by atoms with Crippen molar-refractivity contribution in [2.45, 2.75) is 25.8 Å². The fraction of sp³-hybridized carbons (Fsp3) is 0.333. The van der Waals surface area contributed by atoms with Crippen LogP contribution < -0.4 is 24.3 Å². The largest absolute Gasteiger partial charge is 0.493 e. The van der Waals surface area contributed by atoms with Crippen LogP contribution in [0.15, 0.2) is 24.3 Å². The van der Waals surface area contributed by atoms with E-state index in [1.54, 1.807) is 33.5 Å². The first-order chi connectivity index (χ1) is 13.5. The molecule has 3 rings (SSSR count). The van der Waals surface area contributed by atoms with E-state index >= 15 is 0 Å². The molecule has 1 N–H and O–H groups in total.